The van der Waals surface area contributed by atoms with Gasteiger partial charge in [0.15, 0.2) is 11.6 Å². The summed E-state index contributed by atoms with van der Waals surface area (Å²) in [6, 6.07) is 11.6. The molecule has 1 fully saturated rings. The number of ether oxygens (including phenoxy) is 1. The highest BCUT2D eigenvalue weighted by atomic mass is 19.2. The Morgan fingerprint density at radius 1 is 0.767 bits per heavy atom. The van der Waals surface area contributed by atoms with E-state index in [1.54, 1.807) is 44.3 Å². The Morgan fingerprint density at radius 3 is 2.10 bits per heavy atom. The molecule has 0 radical (unpaired) electrons. The summed E-state index contributed by atoms with van der Waals surface area (Å²) in [5.41, 5.74) is 1.47. The fourth-order valence-corrected chi connectivity index (χ4v) is 7.00. The van der Waals surface area contributed by atoms with Crippen LogP contribution in [0.15, 0.2) is 72.9 Å². The lowest BCUT2D eigenvalue weighted by Crippen LogP contribution is -2.60. The van der Waals surface area contributed by atoms with Crippen molar-refractivity contribution in [2.24, 2.45) is 11.8 Å². The molecular weight excluding hydrogens is 777 g/mol. The molecule has 60 heavy (non-hydrogen) atoms. The topological polar surface area (TPSA) is 191 Å². The second kappa shape index (κ2) is 20.1. The van der Waals surface area contributed by atoms with Gasteiger partial charge in [-0.1, -0.05) is 64.1 Å². The van der Waals surface area contributed by atoms with Crippen LogP contribution in [-0.2, 0) is 36.8 Å². The Balaban J connectivity index is 1.57. The number of methoxy groups -OCH3 is 1. The van der Waals surface area contributed by atoms with E-state index in [0.717, 1.165) is 34.0 Å². The van der Waals surface area contributed by atoms with E-state index < -0.39 is 89.4 Å². The fourth-order valence-electron chi connectivity index (χ4n) is 7.00. The fraction of sp³-hybridized carbons (Fsp3) is 0.409. The molecule has 1 saturated heterocycles. The average Bonchev–Trinajstić information content (AvgIpc) is 3.62. The van der Waals surface area contributed by atoms with Crippen molar-refractivity contribution in [2.45, 2.75) is 84.1 Å². The Bertz CT molecular complexity index is 2190. The number of halogens is 2. The summed E-state index contributed by atoms with van der Waals surface area (Å²) >= 11 is 0. The van der Waals surface area contributed by atoms with Crippen molar-refractivity contribution in [3.8, 4) is 5.75 Å². The average molecular weight is 830 g/mol. The van der Waals surface area contributed by atoms with Crippen LogP contribution in [0.1, 0.15) is 62.5 Å². The Labute approximate surface area is 347 Å². The van der Waals surface area contributed by atoms with Gasteiger partial charge >= 0.3 is 0 Å². The number of carbonyl (C=O) groups excluding carboxylic acids is 6. The van der Waals surface area contributed by atoms with Crippen molar-refractivity contribution >= 4 is 46.3 Å². The number of nitrogens with zero attached hydrogens (tertiary/aromatic N) is 1. The van der Waals surface area contributed by atoms with Crippen molar-refractivity contribution in [1.82, 2.24) is 36.5 Å². The van der Waals surface area contributed by atoms with Crippen LogP contribution in [0.2, 0.25) is 0 Å². The van der Waals surface area contributed by atoms with Crippen molar-refractivity contribution in [1.29, 1.82) is 0 Å². The van der Waals surface area contributed by atoms with E-state index in [9.17, 15) is 33.2 Å². The third-order valence-electron chi connectivity index (χ3n) is 10.4. The van der Waals surface area contributed by atoms with Crippen LogP contribution in [0.5, 0.6) is 5.75 Å². The minimum Gasteiger partial charge on any atom is -0.497 e. The Hall–Kier alpha value is -6.32. The van der Waals surface area contributed by atoms with Gasteiger partial charge in [-0.3, -0.25) is 28.8 Å². The lowest BCUT2D eigenvalue weighted by molar-refractivity contribution is -0.135. The summed E-state index contributed by atoms with van der Waals surface area (Å²) in [7, 11) is 1.52. The van der Waals surface area contributed by atoms with Gasteiger partial charge in [0.2, 0.25) is 29.5 Å². The number of fused-ring (bicyclic) bond motifs is 1. The molecule has 4 aromatic rings. The second-order valence-electron chi connectivity index (χ2n) is 15.9. The normalized spacial score (nSPS) is 21.4. The zero-order valence-corrected chi connectivity index (χ0v) is 34.6. The maximum absolute atomic E-state index is 15.1. The van der Waals surface area contributed by atoms with Crippen LogP contribution in [0.25, 0.3) is 10.9 Å². The maximum Gasteiger partial charge on any atom is 0.257 e. The van der Waals surface area contributed by atoms with Gasteiger partial charge in [0.05, 0.1) is 19.2 Å². The van der Waals surface area contributed by atoms with Crippen molar-refractivity contribution in [3.05, 3.63) is 101 Å². The number of aromatic nitrogens is 1. The molecule has 0 saturated carbocycles. The molecule has 0 bridgehead atoms. The van der Waals surface area contributed by atoms with Crippen LogP contribution in [0.3, 0.4) is 0 Å². The number of nitrogens with one attached hydrogen (secondary N) is 6. The lowest BCUT2D eigenvalue weighted by atomic mass is 9.99. The first-order valence-electron chi connectivity index (χ1n) is 20.0. The van der Waals surface area contributed by atoms with Gasteiger partial charge in [-0.25, -0.2) is 8.78 Å². The molecule has 320 valence electrons. The molecule has 1 aromatic heterocycles. The summed E-state index contributed by atoms with van der Waals surface area (Å²) in [5, 5.41) is 14.6. The van der Waals surface area contributed by atoms with Crippen LogP contribution < -0.4 is 31.3 Å². The monoisotopic (exact) mass is 829 g/mol. The molecule has 5 atom stereocenters. The number of hydrogen-bond acceptors (Lipinski definition) is 7. The minimum absolute atomic E-state index is 0.0137. The number of carbonyl (C=O) groups is 6. The highest BCUT2D eigenvalue weighted by Gasteiger charge is 2.34. The largest absolute Gasteiger partial charge is 0.497 e. The number of benzene rings is 3. The van der Waals surface area contributed by atoms with Gasteiger partial charge in [0, 0.05) is 42.5 Å². The first-order valence-corrected chi connectivity index (χ1v) is 20.0. The molecule has 1 aliphatic rings. The predicted molar refractivity (Wildman–Crippen MR) is 221 cm³/mol. The van der Waals surface area contributed by atoms with E-state index in [1.165, 1.54) is 14.0 Å². The number of H-pyrrole nitrogens is 1. The summed E-state index contributed by atoms with van der Waals surface area (Å²) < 4.78 is 34.8. The smallest absolute Gasteiger partial charge is 0.257 e. The summed E-state index contributed by atoms with van der Waals surface area (Å²) in [5.74, 6) is -7.17. The lowest BCUT2D eigenvalue weighted by Gasteiger charge is -2.32. The molecule has 0 spiro atoms. The molecule has 2 heterocycles. The third kappa shape index (κ3) is 11.4. The zero-order chi connectivity index (χ0) is 43.7. The number of amides is 6. The van der Waals surface area contributed by atoms with E-state index in [2.05, 4.69) is 31.6 Å². The molecule has 16 heteroatoms. The van der Waals surface area contributed by atoms with Gasteiger partial charge in [-0.15, -0.1) is 0 Å². The number of para-hydroxylation sites is 1. The first-order chi connectivity index (χ1) is 28.5. The molecule has 6 N–H and O–H groups in total. The zero-order valence-electron chi connectivity index (χ0n) is 34.6. The van der Waals surface area contributed by atoms with Crippen LogP contribution in [0.4, 0.5) is 8.78 Å². The van der Waals surface area contributed by atoms with E-state index in [1.807, 2.05) is 38.1 Å². The molecular formula is C44H53F2N7O7. The summed E-state index contributed by atoms with van der Waals surface area (Å²) in [4.78, 5) is 88.4. The second-order valence-corrected chi connectivity index (χ2v) is 15.9. The van der Waals surface area contributed by atoms with Crippen LogP contribution in [-0.4, -0.2) is 95.7 Å². The maximum atomic E-state index is 15.1. The molecule has 0 unspecified atom stereocenters. The Morgan fingerprint density at radius 2 is 1.42 bits per heavy atom. The van der Waals surface area contributed by atoms with Crippen molar-refractivity contribution in [2.75, 3.05) is 20.2 Å². The number of rotatable bonds is 9. The number of hydrogen-bond donors (Lipinski definition) is 6. The predicted octanol–water partition coefficient (Wildman–Crippen LogP) is 3.54. The van der Waals surface area contributed by atoms with Crippen molar-refractivity contribution < 1.29 is 42.3 Å². The highest BCUT2D eigenvalue weighted by Crippen LogP contribution is 2.21. The minimum atomic E-state index is -1.42. The van der Waals surface area contributed by atoms with Gasteiger partial charge in [0.1, 0.15) is 29.9 Å². The molecule has 5 rings (SSSR count). The summed E-state index contributed by atoms with van der Waals surface area (Å²) in [6.07, 6.45) is 1.82. The van der Waals surface area contributed by atoms with Gasteiger partial charge in [0.25, 0.3) is 5.91 Å². The molecule has 6 amide bonds. The van der Waals surface area contributed by atoms with Gasteiger partial charge < -0.3 is 41.2 Å². The van der Waals surface area contributed by atoms with E-state index in [-0.39, 0.29) is 37.6 Å². The van der Waals surface area contributed by atoms with E-state index in [4.69, 9.17) is 4.74 Å². The van der Waals surface area contributed by atoms with Crippen LogP contribution >= 0.6 is 0 Å². The van der Waals surface area contributed by atoms with Gasteiger partial charge in [-0.05, 0) is 66.6 Å². The van der Waals surface area contributed by atoms with E-state index >= 15 is 4.39 Å². The van der Waals surface area contributed by atoms with E-state index in [0.29, 0.717) is 16.9 Å². The quantitative estimate of drug-likeness (QED) is 0.149. The SMILES string of the molecule is COc1ccc(C[C@@H]2NC(=O)[C@H](CC(C)C)NC(=O)[C@@H](Cc3c[nH]c4ccccc34)NC(=O)CN(C(=O)c3cccc(F)c3F)C[C@H](C(C)C)NC(=O)[C@@H](C)NC2=O)cc1. The molecule has 1 aliphatic heterocycles. The standard InChI is InChI=1S/C44H53F2N7O7/c1-24(2)18-34-42(57)51-35(19-27-14-16-29(60-6)17-15-27)41(56)48-26(5)40(55)52-37(25(3)4)22-53(44(59)31-11-9-12-32(45)39(31)46)23-38(54)49-36(43(58)50-34)20-28-21-47-33-13-8-7-10-30(28)33/h7-17,21,24-26,34-37,47H,18-20,22-23H2,1-6H3,(H,48,56)(H,49,54)(H,50,58)(H,51,57)(H,52,55)/t26-,34+,35+,36-,37-/m1/s1. The molecule has 3 aromatic carbocycles. The Kier molecular flexibility index (Phi) is 15.0. The van der Waals surface area contributed by atoms with Gasteiger partial charge in [-0.2, -0.15) is 0 Å². The van der Waals surface area contributed by atoms with Crippen molar-refractivity contribution in [3.63, 3.8) is 0 Å². The highest BCUT2D eigenvalue weighted by molar-refractivity contribution is 5.99. The van der Waals surface area contributed by atoms with Crippen LogP contribution in [0, 0.1) is 23.5 Å². The first kappa shape index (κ1) is 44.8. The molecule has 0 aliphatic carbocycles. The summed E-state index contributed by atoms with van der Waals surface area (Å²) in [6.45, 7) is 7.61. The molecule has 14 nitrogen and oxygen atoms in total. The number of aromatic amines is 1. The third-order valence-corrected chi connectivity index (χ3v) is 10.4.